The highest BCUT2D eigenvalue weighted by Crippen LogP contribution is 2.40. The Bertz CT molecular complexity index is 237. The molecule has 1 atom stereocenters. The summed E-state index contributed by atoms with van der Waals surface area (Å²) in [6, 6.07) is 0. The maximum atomic E-state index is 12.3. The molecule has 0 aromatic heterocycles. The van der Waals surface area contributed by atoms with Gasteiger partial charge in [-0.3, -0.25) is 4.79 Å². The molecule has 1 saturated carbocycles. The van der Waals surface area contributed by atoms with Crippen LogP contribution in [0.3, 0.4) is 0 Å². The number of carbonyl (C=O) groups excluding carboxylic acids is 1. The van der Waals surface area contributed by atoms with Crippen molar-refractivity contribution in [2.24, 2.45) is 17.3 Å². The van der Waals surface area contributed by atoms with Crippen LogP contribution in [0.5, 0.6) is 0 Å². The van der Waals surface area contributed by atoms with E-state index in [1.807, 2.05) is 0 Å². The van der Waals surface area contributed by atoms with Gasteiger partial charge in [-0.1, -0.05) is 20.3 Å². The van der Waals surface area contributed by atoms with Crippen molar-refractivity contribution in [1.82, 2.24) is 5.32 Å². The second kappa shape index (κ2) is 4.25. The van der Waals surface area contributed by atoms with Gasteiger partial charge in [0.15, 0.2) is 0 Å². The first-order valence-corrected chi connectivity index (χ1v) is 6.37. The van der Waals surface area contributed by atoms with Crippen molar-refractivity contribution < 1.29 is 4.79 Å². The molecule has 1 saturated heterocycles. The molecule has 86 valence electrons. The number of hydrogen-bond acceptors (Lipinski definition) is 2. The predicted octanol–water partition coefficient (Wildman–Crippen LogP) is 2.38. The molecule has 2 aliphatic rings. The lowest BCUT2D eigenvalue weighted by Gasteiger charge is -2.40. The van der Waals surface area contributed by atoms with E-state index in [4.69, 9.17) is 0 Å². The van der Waals surface area contributed by atoms with Gasteiger partial charge in [0.05, 0.1) is 0 Å². The Morgan fingerprint density at radius 2 is 1.93 bits per heavy atom. The highest BCUT2D eigenvalue weighted by Gasteiger charge is 2.41. The fourth-order valence-corrected chi connectivity index (χ4v) is 2.87. The normalized spacial score (nSPS) is 28.5. The number of ketones is 1. The molecule has 2 nitrogen and oxygen atoms in total. The van der Waals surface area contributed by atoms with Gasteiger partial charge >= 0.3 is 0 Å². The number of carbonyl (C=O) groups is 1. The van der Waals surface area contributed by atoms with Gasteiger partial charge in [-0.05, 0) is 44.7 Å². The minimum Gasteiger partial charge on any atom is -0.316 e. The largest absolute Gasteiger partial charge is 0.316 e. The summed E-state index contributed by atoms with van der Waals surface area (Å²) in [6.45, 7) is 6.48. The third-order valence-electron chi connectivity index (χ3n) is 4.43. The Balaban J connectivity index is 1.99. The van der Waals surface area contributed by atoms with Crippen molar-refractivity contribution in [2.75, 3.05) is 13.1 Å². The number of hydrogen-bond donors (Lipinski definition) is 1. The van der Waals surface area contributed by atoms with Crippen molar-refractivity contribution in [2.45, 2.75) is 46.0 Å². The van der Waals surface area contributed by atoms with E-state index in [1.54, 1.807) is 0 Å². The Kier molecular flexibility index (Phi) is 3.15. The third kappa shape index (κ3) is 2.10. The van der Waals surface area contributed by atoms with Crippen molar-refractivity contribution in [3.8, 4) is 0 Å². The monoisotopic (exact) mass is 209 g/mol. The topological polar surface area (TPSA) is 29.1 Å². The van der Waals surface area contributed by atoms with Gasteiger partial charge in [-0.2, -0.15) is 0 Å². The van der Waals surface area contributed by atoms with Crippen molar-refractivity contribution in [3.05, 3.63) is 0 Å². The summed E-state index contributed by atoms with van der Waals surface area (Å²) < 4.78 is 0. The van der Waals surface area contributed by atoms with Gasteiger partial charge in [0, 0.05) is 11.3 Å². The summed E-state index contributed by atoms with van der Waals surface area (Å²) in [5, 5.41) is 3.42. The average molecular weight is 209 g/mol. The summed E-state index contributed by atoms with van der Waals surface area (Å²) in [4.78, 5) is 12.3. The molecule has 0 aromatic carbocycles. The van der Waals surface area contributed by atoms with E-state index in [1.165, 1.54) is 19.3 Å². The van der Waals surface area contributed by atoms with E-state index in [-0.39, 0.29) is 5.41 Å². The summed E-state index contributed by atoms with van der Waals surface area (Å²) in [5.74, 6) is 1.48. The van der Waals surface area contributed by atoms with Crippen LogP contribution in [-0.2, 0) is 4.79 Å². The molecule has 2 heteroatoms. The molecule has 15 heavy (non-hydrogen) atoms. The molecule has 0 spiro atoms. The van der Waals surface area contributed by atoms with Crippen LogP contribution in [0.2, 0.25) is 0 Å². The van der Waals surface area contributed by atoms with Gasteiger partial charge in [-0.15, -0.1) is 0 Å². The summed E-state index contributed by atoms with van der Waals surface area (Å²) in [5.41, 5.74) is -0.0987. The molecule has 1 N–H and O–H groups in total. The molecule has 1 aliphatic carbocycles. The van der Waals surface area contributed by atoms with Crippen LogP contribution in [0.15, 0.2) is 0 Å². The van der Waals surface area contributed by atoms with Gasteiger partial charge in [0.2, 0.25) is 0 Å². The van der Waals surface area contributed by atoms with Crippen LogP contribution in [-0.4, -0.2) is 18.9 Å². The van der Waals surface area contributed by atoms with Crippen LogP contribution < -0.4 is 5.32 Å². The van der Waals surface area contributed by atoms with Crippen LogP contribution in [0.4, 0.5) is 0 Å². The van der Waals surface area contributed by atoms with E-state index in [0.29, 0.717) is 17.6 Å². The standard InChI is InChI=1S/C13H23NO/c1-13(2,11-7-4-8-14-9-11)12(15)10-5-3-6-10/h10-11,14H,3-9H2,1-2H3. The van der Waals surface area contributed by atoms with E-state index >= 15 is 0 Å². The second-order valence-corrected chi connectivity index (χ2v) is 5.76. The summed E-state index contributed by atoms with van der Waals surface area (Å²) in [7, 11) is 0. The number of Topliss-reactive ketones (excluding diaryl/α,β-unsaturated/α-hetero) is 1. The lowest BCUT2D eigenvalue weighted by atomic mass is 9.65. The van der Waals surface area contributed by atoms with Gasteiger partial charge in [-0.25, -0.2) is 0 Å². The zero-order valence-corrected chi connectivity index (χ0v) is 10.0. The molecule has 0 radical (unpaired) electrons. The molecule has 2 rings (SSSR count). The third-order valence-corrected chi connectivity index (χ3v) is 4.43. The van der Waals surface area contributed by atoms with E-state index < -0.39 is 0 Å². The maximum Gasteiger partial charge on any atom is 0.141 e. The van der Waals surface area contributed by atoms with E-state index in [2.05, 4.69) is 19.2 Å². The molecule has 2 fully saturated rings. The number of piperidine rings is 1. The fraction of sp³-hybridized carbons (Fsp3) is 0.923. The number of nitrogens with one attached hydrogen (secondary N) is 1. The minimum absolute atomic E-state index is 0.0987. The quantitative estimate of drug-likeness (QED) is 0.773. The Morgan fingerprint density at radius 1 is 1.20 bits per heavy atom. The smallest absolute Gasteiger partial charge is 0.141 e. The lowest BCUT2D eigenvalue weighted by molar-refractivity contribution is -0.137. The lowest BCUT2D eigenvalue weighted by Crippen LogP contribution is -2.45. The van der Waals surface area contributed by atoms with Gasteiger partial charge in [0.1, 0.15) is 5.78 Å². The summed E-state index contributed by atoms with van der Waals surface area (Å²) in [6.07, 6.45) is 5.99. The molecule has 0 bridgehead atoms. The van der Waals surface area contributed by atoms with Crippen LogP contribution in [0.1, 0.15) is 46.0 Å². The summed E-state index contributed by atoms with van der Waals surface area (Å²) >= 11 is 0. The van der Waals surface area contributed by atoms with Gasteiger partial charge < -0.3 is 5.32 Å². The SMILES string of the molecule is CC(C)(C(=O)C1CCC1)C1CCCNC1. The van der Waals surface area contributed by atoms with E-state index in [0.717, 1.165) is 25.9 Å². The van der Waals surface area contributed by atoms with Crippen LogP contribution >= 0.6 is 0 Å². The second-order valence-electron chi connectivity index (χ2n) is 5.76. The zero-order valence-electron chi connectivity index (χ0n) is 10.0. The Labute approximate surface area is 92.8 Å². The Hall–Kier alpha value is -0.370. The molecular weight excluding hydrogens is 186 g/mol. The number of rotatable bonds is 3. The maximum absolute atomic E-state index is 12.3. The van der Waals surface area contributed by atoms with E-state index in [9.17, 15) is 4.79 Å². The van der Waals surface area contributed by atoms with Crippen molar-refractivity contribution in [3.63, 3.8) is 0 Å². The highest BCUT2D eigenvalue weighted by molar-refractivity contribution is 5.87. The molecule has 1 unspecified atom stereocenters. The first-order chi connectivity index (χ1) is 7.12. The van der Waals surface area contributed by atoms with Crippen LogP contribution in [0.25, 0.3) is 0 Å². The highest BCUT2D eigenvalue weighted by atomic mass is 16.1. The molecule has 0 amide bonds. The Morgan fingerprint density at radius 3 is 2.40 bits per heavy atom. The first kappa shape index (κ1) is 11.1. The zero-order chi connectivity index (χ0) is 10.9. The molecule has 0 aromatic rings. The van der Waals surface area contributed by atoms with Gasteiger partial charge in [0.25, 0.3) is 0 Å². The average Bonchev–Trinajstić information content (AvgIpc) is 2.16. The van der Waals surface area contributed by atoms with Crippen LogP contribution in [0, 0.1) is 17.3 Å². The fourth-order valence-electron chi connectivity index (χ4n) is 2.87. The molecule has 1 aliphatic heterocycles. The minimum atomic E-state index is -0.0987. The first-order valence-electron chi connectivity index (χ1n) is 6.37. The van der Waals surface area contributed by atoms with Crippen molar-refractivity contribution in [1.29, 1.82) is 0 Å². The molecule has 1 heterocycles. The van der Waals surface area contributed by atoms with Crippen molar-refractivity contribution >= 4 is 5.78 Å². The molecular formula is C13H23NO. The predicted molar refractivity (Wildman–Crippen MR) is 61.7 cm³/mol.